The van der Waals surface area contributed by atoms with E-state index in [1.54, 1.807) is 6.08 Å². The van der Waals surface area contributed by atoms with E-state index < -0.39 is 0 Å². The van der Waals surface area contributed by atoms with E-state index in [0.29, 0.717) is 12.5 Å². The van der Waals surface area contributed by atoms with E-state index in [9.17, 15) is 4.79 Å². The lowest BCUT2D eigenvalue weighted by Gasteiger charge is -2.09. The molecule has 0 bridgehead atoms. The van der Waals surface area contributed by atoms with Gasteiger partial charge in [0.25, 0.3) is 0 Å². The van der Waals surface area contributed by atoms with Gasteiger partial charge >= 0.3 is 5.97 Å². The first-order chi connectivity index (χ1) is 10.1. The molecule has 1 aromatic carbocycles. The van der Waals surface area contributed by atoms with Gasteiger partial charge in [-0.05, 0) is 50.7 Å². The SMILES string of the molecule is CC(C)=CCC[C@@H](C)CCOC(=O)/C=C\c1ccccc1. The molecule has 1 rings (SSSR count). The average molecular weight is 286 g/mol. The smallest absolute Gasteiger partial charge is 0.330 e. The Morgan fingerprint density at radius 1 is 1.19 bits per heavy atom. The maximum Gasteiger partial charge on any atom is 0.330 e. The molecule has 0 aliphatic heterocycles. The van der Waals surface area contributed by atoms with Crippen molar-refractivity contribution in [1.29, 1.82) is 0 Å². The summed E-state index contributed by atoms with van der Waals surface area (Å²) in [6.45, 7) is 6.93. The zero-order chi connectivity index (χ0) is 15.5. The molecule has 21 heavy (non-hydrogen) atoms. The van der Waals surface area contributed by atoms with Crippen molar-refractivity contribution < 1.29 is 9.53 Å². The lowest BCUT2D eigenvalue weighted by molar-refractivity contribution is -0.138. The molecule has 1 atom stereocenters. The summed E-state index contributed by atoms with van der Waals surface area (Å²) < 4.78 is 5.22. The summed E-state index contributed by atoms with van der Waals surface area (Å²) in [7, 11) is 0. The van der Waals surface area contributed by atoms with E-state index in [0.717, 1.165) is 24.8 Å². The van der Waals surface area contributed by atoms with Gasteiger partial charge in [0.05, 0.1) is 6.61 Å². The van der Waals surface area contributed by atoms with Gasteiger partial charge < -0.3 is 4.74 Å². The van der Waals surface area contributed by atoms with Gasteiger partial charge in [-0.2, -0.15) is 0 Å². The van der Waals surface area contributed by atoms with E-state index in [4.69, 9.17) is 4.74 Å². The number of allylic oxidation sites excluding steroid dienone is 2. The summed E-state index contributed by atoms with van der Waals surface area (Å²) in [4.78, 5) is 11.6. The van der Waals surface area contributed by atoms with Crippen LogP contribution in [0.5, 0.6) is 0 Å². The standard InChI is InChI=1S/C19H26O2/c1-16(2)8-7-9-17(3)14-15-21-19(20)13-12-18-10-5-4-6-11-18/h4-6,8,10-13,17H,7,9,14-15H2,1-3H3/b13-12-/t17-/m1/s1. The number of esters is 1. The summed E-state index contributed by atoms with van der Waals surface area (Å²) in [5.41, 5.74) is 2.37. The van der Waals surface area contributed by atoms with Crippen LogP contribution < -0.4 is 0 Å². The van der Waals surface area contributed by atoms with Gasteiger partial charge in [-0.1, -0.05) is 48.9 Å². The lowest BCUT2D eigenvalue weighted by Crippen LogP contribution is -2.06. The van der Waals surface area contributed by atoms with Crippen molar-refractivity contribution >= 4 is 12.0 Å². The second-order valence-electron chi connectivity index (χ2n) is 5.66. The van der Waals surface area contributed by atoms with Crippen LogP contribution in [0.3, 0.4) is 0 Å². The number of benzene rings is 1. The maximum atomic E-state index is 11.6. The van der Waals surface area contributed by atoms with Crippen molar-refractivity contribution in [2.24, 2.45) is 5.92 Å². The Kier molecular flexibility index (Phi) is 8.18. The number of hydrogen-bond donors (Lipinski definition) is 0. The Morgan fingerprint density at radius 2 is 1.90 bits per heavy atom. The first-order valence-corrected chi connectivity index (χ1v) is 7.61. The largest absolute Gasteiger partial charge is 0.463 e. The van der Waals surface area contributed by atoms with Crippen molar-refractivity contribution in [3.63, 3.8) is 0 Å². The van der Waals surface area contributed by atoms with Crippen LogP contribution in [-0.4, -0.2) is 12.6 Å². The van der Waals surface area contributed by atoms with Gasteiger partial charge in [-0.3, -0.25) is 0 Å². The van der Waals surface area contributed by atoms with Crippen LogP contribution >= 0.6 is 0 Å². The summed E-state index contributed by atoms with van der Waals surface area (Å²) in [5, 5.41) is 0. The first-order valence-electron chi connectivity index (χ1n) is 7.61. The molecule has 0 aromatic heterocycles. The van der Waals surface area contributed by atoms with Gasteiger partial charge in [0.15, 0.2) is 0 Å². The van der Waals surface area contributed by atoms with Crippen molar-refractivity contribution in [2.45, 2.75) is 40.0 Å². The Morgan fingerprint density at radius 3 is 2.57 bits per heavy atom. The monoisotopic (exact) mass is 286 g/mol. The molecule has 0 N–H and O–H groups in total. The van der Waals surface area contributed by atoms with Gasteiger partial charge in [-0.15, -0.1) is 0 Å². The molecule has 0 heterocycles. The van der Waals surface area contributed by atoms with E-state index in [1.165, 1.54) is 11.6 Å². The Balaban J connectivity index is 2.18. The molecule has 0 spiro atoms. The molecule has 0 amide bonds. The average Bonchev–Trinajstić information content (AvgIpc) is 2.46. The van der Waals surface area contributed by atoms with Crippen molar-refractivity contribution in [3.8, 4) is 0 Å². The van der Waals surface area contributed by atoms with Crippen LogP contribution in [0.25, 0.3) is 6.08 Å². The van der Waals surface area contributed by atoms with Crippen molar-refractivity contribution in [2.75, 3.05) is 6.61 Å². The van der Waals surface area contributed by atoms with Crippen LogP contribution in [0.4, 0.5) is 0 Å². The Labute approximate surface area is 128 Å². The molecule has 0 aliphatic rings. The van der Waals surface area contributed by atoms with E-state index in [1.807, 2.05) is 30.3 Å². The van der Waals surface area contributed by atoms with Gasteiger partial charge in [-0.25, -0.2) is 4.79 Å². The third-order valence-electron chi connectivity index (χ3n) is 3.28. The minimum Gasteiger partial charge on any atom is -0.463 e. The maximum absolute atomic E-state index is 11.6. The molecule has 0 unspecified atom stereocenters. The molecule has 0 radical (unpaired) electrons. The second-order valence-corrected chi connectivity index (χ2v) is 5.66. The molecule has 0 saturated heterocycles. The zero-order valence-electron chi connectivity index (χ0n) is 13.3. The molecular weight excluding hydrogens is 260 g/mol. The van der Waals surface area contributed by atoms with Gasteiger partial charge in [0.1, 0.15) is 0 Å². The highest BCUT2D eigenvalue weighted by atomic mass is 16.5. The lowest BCUT2D eigenvalue weighted by atomic mass is 10.0. The quantitative estimate of drug-likeness (QED) is 0.381. The van der Waals surface area contributed by atoms with Crippen LogP contribution in [0.15, 0.2) is 48.1 Å². The number of ether oxygens (including phenoxy) is 1. The highest BCUT2D eigenvalue weighted by molar-refractivity contribution is 5.86. The highest BCUT2D eigenvalue weighted by Gasteiger charge is 2.03. The minimum atomic E-state index is -0.268. The number of rotatable bonds is 8. The normalized spacial score (nSPS) is 12.1. The van der Waals surface area contributed by atoms with E-state index >= 15 is 0 Å². The topological polar surface area (TPSA) is 26.3 Å². The van der Waals surface area contributed by atoms with Crippen molar-refractivity contribution in [3.05, 3.63) is 53.6 Å². The van der Waals surface area contributed by atoms with Gasteiger partial charge in [0.2, 0.25) is 0 Å². The summed E-state index contributed by atoms with van der Waals surface area (Å²) >= 11 is 0. The number of carbonyl (C=O) groups excluding carboxylic acids is 1. The van der Waals surface area contributed by atoms with Crippen LogP contribution in [0.1, 0.15) is 45.6 Å². The van der Waals surface area contributed by atoms with Crippen LogP contribution in [0.2, 0.25) is 0 Å². The fourth-order valence-electron chi connectivity index (χ4n) is 1.94. The van der Waals surface area contributed by atoms with Gasteiger partial charge in [0, 0.05) is 6.08 Å². The molecular formula is C19H26O2. The summed E-state index contributed by atoms with van der Waals surface area (Å²) in [6, 6.07) is 9.74. The molecule has 0 fully saturated rings. The van der Waals surface area contributed by atoms with Crippen LogP contribution in [-0.2, 0) is 9.53 Å². The molecule has 2 heteroatoms. The fraction of sp³-hybridized carbons (Fsp3) is 0.421. The minimum absolute atomic E-state index is 0.268. The highest BCUT2D eigenvalue weighted by Crippen LogP contribution is 2.12. The third-order valence-corrected chi connectivity index (χ3v) is 3.28. The first kappa shape index (κ1) is 17.2. The molecule has 0 saturated carbocycles. The summed E-state index contributed by atoms with van der Waals surface area (Å²) in [5.74, 6) is 0.307. The number of carbonyl (C=O) groups is 1. The fourth-order valence-corrected chi connectivity index (χ4v) is 1.94. The summed E-state index contributed by atoms with van der Waals surface area (Å²) in [6.07, 6.45) is 8.68. The van der Waals surface area contributed by atoms with E-state index in [2.05, 4.69) is 26.8 Å². The third kappa shape index (κ3) is 8.85. The predicted octanol–water partition coefficient (Wildman–Crippen LogP) is 5.02. The molecule has 1 aromatic rings. The van der Waals surface area contributed by atoms with Crippen molar-refractivity contribution in [1.82, 2.24) is 0 Å². The Hall–Kier alpha value is -1.83. The zero-order valence-corrected chi connectivity index (χ0v) is 13.3. The Bertz CT molecular complexity index is 468. The molecule has 2 nitrogen and oxygen atoms in total. The van der Waals surface area contributed by atoms with E-state index in [-0.39, 0.29) is 5.97 Å². The van der Waals surface area contributed by atoms with Crippen LogP contribution in [0, 0.1) is 5.92 Å². The number of hydrogen-bond acceptors (Lipinski definition) is 2. The second kappa shape index (κ2) is 9.98. The molecule has 0 aliphatic carbocycles. The molecule has 114 valence electrons. The predicted molar refractivity (Wildman–Crippen MR) is 88.9 cm³/mol.